The van der Waals surface area contributed by atoms with E-state index < -0.39 is 0 Å². The molecule has 0 amide bonds. The van der Waals surface area contributed by atoms with E-state index in [1.54, 1.807) is 0 Å². The highest BCUT2D eigenvalue weighted by molar-refractivity contribution is 6.21. The molecule has 0 aromatic heterocycles. The van der Waals surface area contributed by atoms with Crippen molar-refractivity contribution in [3.63, 3.8) is 0 Å². The number of rotatable bonds is 2. The van der Waals surface area contributed by atoms with E-state index in [9.17, 15) is 0 Å². The maximum absolute atomic E-state index is 2.40. The molecule has 0 spiro atoms. The summed E-state index contributed by atoms with van der Waals surface area (Å²) < 4.78 is 0. The van der Waals surface area contributed by atoms with E-state index in [1.807, 2.05) is 0 Å². The Morgan fingerprint density at radius 3 is 1.83 bits per heavy atom. The average Bonchev–Trinajstić information content (AvgIpc) is 3.06. The topological polar surface area (TPSA) is 0 Å². The van der Waals surface area contributed by atoms with Gasteiger partial charge in [0.05, 0.1) is 0 Å². The van der Waals surface area contributed by atoms with Crippen LogP contribution >= 0.6 is 0 Å². The lowest BCUT2D eigenvalue weighted by atomic mass is 9.78. The molecule has 9 rings (SSSR count). The zero-order chi connectivity index (χ0) is 27.6. The first-order chi connectivity index (χ1) is 20.9. The van der Waals surface area contributed by atoms with Crippen LogP contribution in [0.15, 0.2) is 140 Å². The second-order valence-electron chi connectivity index (χ2n) is 11.5. The van der Waals surface area contributed by atoms with Crippen molar-refractivity contribution < 1.29 is 0 Å². The molecule has 8 aromatic rings. The second-order valence-corrected chi connectivity index (χ2v) is 11.5. The van der Waals surface area contributed by atoms with Crippen molar-refractivity contribution in [2.24, 2.45) is 0 Å². The fraction of sp³-hybridized carbons (Fsp3) is 0.0476. The molecule has 196 valence electrons. The molecule has 0 aliphatic heterocycles. The van der Waals surface area contributed by atoms with Crippen LogP contribution in [0.1, 0.15) is 17.5 Å². The highest BCUT2D eigenvalue weighted by atomic mass is 14.3. The molecule has 0 fully saturated rings. The molecule has 0 saturated heterocycles. The second kappa shape index (κ2) is 9.16. The molecule has 0 bridgehead atoms. The van der Waals surface area contributed by atoms with Crippen LogP contribution in [0, 0.1) is 0 Å². The lowest BCUT2D eigenvalue weighted by Crippen LogP contribution is -2.03. The minimum atomic E-state index is 1.04. The summed E-state index contributed by atoms with van der Waals surface area (Å²) in [5.74, 6) is 0. The molecule has 0 unspecified atom stereocenters. The lowest BCUT2D eigenvalue weighted by molar-refractivity contribution is 0.992. The molecule has 0 heterocycles. The third kappa shape index (κ3) is 3.36. The Labute approximate surface area is 245 Å². The van der Waals surface area contributed by atoms with Gasteiger partial charge in [0.2, 0.25) is 0 Å². The molecule has 0 heteroatoms. The number of hydrogen-bond acceptors (Lipinski definition) is 0. The first-order valence-corrected chi connectivity index (χ1v) is 14.9. The van der Waals surface area contributed by atoms with Crippen molar-refractivity contribution in [1.82, 2.24) is 0 Å². The summed E-state index contributed by atoms with van der Waals surface area (Å²) in [5, 5.41) is 13.1. The van der Waals surface area contributed by atoms with Crippen molar-refractivity contribution >= 4 is 59.9 Å². The zero-order valence-corrected chi connectivity index (χ0v) is 23.3. The third-order valence-corrected chi connectivity index (χ3v) is 9.30. The Kier molecular flexibility index (Phi) is 5.12. The molecule has 0 N–H and O–H groups in total. The summed E-state index contributed by atoms with van der Waals surface area (Å²) in [7, 11) is 0. The molecular weight excluding hydrogens is 504 g/mol. The number of hydrogen-bond donors (Lipinski definition) is 0. The van der Waals surface area contributed by atoms with Gasteiger partial charge in [0.1, 0.15) is 0 Å². The smallest absolute Gasteiger partial charge is 0.00235 e. The van der Waals surface area contributed by atoms with E-state index in [0.717, 1.165) is 12.8 Å². The molecule has 42 heavy (non-hydrogen) atoms. The molecule has 0 nitrogen and oxygen atoms in total. The lowest BCUT2D eigenvalue weighted by Gasteiger charge is -2.25. The molecule has 0 radical (unpaired) electrons. The minimum absolute atomic E-state index is 1.04. The van der Waals surface area contributed by atoms with Gasteiger partial charge in [-0.1, -0.05) is 146 Å². The van der Waals surface area contributed by atoms with Gasteiger partial charge in [-0.15, -0.1) is 0 Å². The van der Waals surface area contributed by atoms with Crippen LogP contribution in [0.25, 0.3) is 82.2 Å². The maximum Gasteiger partial charge on any atom is -0.00235 e. The van der Waals surface area contributed by atoms with Gasteiger partial charge in [0.15, 0.2) is 0 Å². The monoisotopic (exact) mass is 532 g/mol. The minimum Gasteiger partial charge on any atom is -0.0836 e. The average molecular weight is 533 g/mol. The van der Waals surface area contributed by atoms with Gasteiger partial charge in [0.25, 0.3) is 0 Å². The Hall–Kier alpha value is -5.20. The molecular formula is C42H28. The standard InChI is InChI=1S/C42H28/c1-3-14-30-27(11-1)25-26-33-32(30)20-10-21-34(33)41-35-16-5-7-18-37(35)42(38-19-8-6-17-36(38)41)39-22-9-13-29-24-23-28-12-2-4-15-31(28)40(29)39/h1-7,9-18,20-26H,8,19H2. The summed E-state index contributed by atoms with van der Waals surface area (Å²) in [6.45, 7) is 0. The first-order valence-electron chi connectivity index (χ1n) is 14.9. The fourth-order valence-corrected chi connectivity index (χ4v) is 7.51. The van der Waals surface area contributed by atoms with Crippen LogP contribution in [-0.2, 0) is 6.42 Å². The van der Waals surface area contributed by atoms with E-state index in [0.29, 0.717) is 0 Å². The van der Waals surface area contributed by atoms with Crippen LogP contribution in [0.5, 0.6) is 0 Å². The van der Waals surface area contributed by atoms with Crippen molar-refractivity contribution in [1.29, 1.82) is 0 Å². The normalized spacial score (nSPS) is 13.0. The summed E-state index contributed by atoms with van der Waals surface area (Å²) in [5.41, 5.74) is 8.22. The van der Waals surface area contributed by atoms with Gasteiger partial charge < -0.3 is 0 Å². The Balaban J connectivity index is 1.44. The van der Waals surface area contributed by atoms with Gasteiger partial charge in [-0.2, -0.15) is 0 Å². The summed E-state index contributed by atoms with van der Waals surface area (Å²) in [4.78, 5) is 0. The summed E-state index contributed by atoms with van der Waals surface area (Å²) in [6, 6.07) is 49.5. The Morgan fingerprint density at radius 2 is 0.976 bits per heavy atom. The highest BCUT2D eigenvalue weighted by Crippen LogP contribution is 2.48. The van der Waals surface area contributed by atoms with E-state index in [2.05, 4.69) is 146 Å². The predicted molar refractivity (Wildman–Crippen MR) is 182 cm³/mol. The predicted octanol–water partition coefficient (Wildman–Crippen LogP) is 11.7. The molecule has 0 atom stereocenters. The van der Waals surface area contributed by atoms with Crippen LogP contribution < -0.4 is 0 Å². The molecule has 8 aromatic carbocycles. The number of benzene rings is 8. The fourth-order valence-electron chi connectivity index (χ4n) is 7.51. The highest BCUT2D eigenvalue weighted by Gasteiger charge is 2.23. The SMILES string of the molecule is C1=Cc2c(c(-c3cccc4ccc5ccccc5c34)c3ccccc3c2-c2cccc3c2ccc2ccccc23)CC1. The van der Waals surface area contributed by atoms with Crippen LogP contribution in [0.2, 0.25) is 0 Å². The van der Waals surface area contributed by atoms with Crippen molar-refractivity contribution in [3.05, 3.63) is 151 Å². The van der Waals surface area contributed by atoms with Gasteiger partial charge in [-0.3, -0.25) is 0 Å². The van der Waals surface area contributed by atoms with Gasteiger partial charge in [-0.05, 0) is 100 Å². The van der Waals surface area contributed by atoms with Crippen LogP contribution in [0.4, 0.5) is 0 Å². The molecule has 1 aliphatic rings. The van der Waals surface area contributed by atoms with E-state index in [1.165, 1.54) is 87.2 Å². The third-order valence-electron chi connectivity index (χ3n) is 9.30. The van der Waals surface area contributed by atoms with Crippen molar-refractivity contribution in [2.75, 3.05) is 0 Å². The Morgan fingerprint density at radius 1 is 0.381 bits per heavy atom. The maximum atomic E-state index is 2.40. The van der Waals surface area contributed by atoms with E-state index >= 15 is 0 Å². The van der Waals surface area contributed by atoms with E-state index in [-0.39, 0.29) is 0 Å². The summed E-state index contributed by atoms with van der Waals surface area (Å²) >= 11 is 0. The Bertz CT molecular complexity index is 2400. The molecule has 0 saturated carbocycles. The van der Waals surface area contributed by atoms with E-state index in [4.69, 9.17) is 0 Å². The molecule has 1 aliphatic carbocycles. The van der Waals surface area contributed by atoms with Crippen LogP contribution in [0.3, 0.4) is 0 Å². The zero-order valence-electron chi connectivity index (χ0n) is 23.3. The van der Waals surface area contributed by atoms with Gasteiger partial charge in [-0.25, -0.2) is 0 Å². The quantitative estimate of drug-likeness (QED) is 0.194. The number of fused-ring (bicyclic) bond motifs is 8. The number of allylic oxidation sites excluding steroid dienone is 1. The van der Waals surface area contributed by atoms with Crippen molar-refractivity contribution in [2.45, 2.75) is 12.8 Å². The van der Waals surface area contributed by atoms with Crippen molar-refractivity contribution in [3.8, 4) is 22.3 Å². The van der Waals surface area contributed by atoms with Crippen LogP contribution in [-0.4, -0.2) is 0 Å². The first kappa shape index (κ1) is 23.5. The van der Waals surface area contributed by atoms with Gasteiger partial charge >= 0.3 is 0 Å². The summed E-state index contributed by atoms with van der Waals surface area (Å²) in [6.07, 6.45) is 6.86. The van der Waals surface area contributed by atoms with Gasteiger partial charge in [0, 0.05) is 0 Å². The largest absolute Gasteiger partial charge is 0.0836 e.